The summed E-state index contributed by atoms with van der Waals surface area (Å²) in [7, 11) is 0. The molecule has 0 radical (unpaired) electrons. The Hall–Kier alpha value is -2.54. The topological polar surface area (TPSA) is 68.2 Å². The first-order chi connectivity index (χ1) is 12.3. The third-order valence-electron chi connectivity index (χ3n) is 4.80. The maximum absolute atomic E-state index is 14.1. The summed E-state index contributed by atoms with van der Waals surface area (Å²) < 4.78 is 25.3. The van der Waals surface area contributed by atoms with Crippen LogP contribution in [0.1, 0.15) is 41.9 Å². The molecule has 0 atom stereocenters. The number of hydrogen-bond acceptors (Lipinski definition) is 6. The molecule has 0 bridgehead atoms. The van der Waals surface area contributed by atoms with E-state index in [1.54, 1.807) is 18.2 Å². The number of fused-ring (bicyclic) bond motifs is 1. The van der Waals surface area contributed by atoms with Gasteiger partial charge in [-0.3, -0.25) is 4.90 Å². The third kappa shape index (κ3) is 2.74. The van der Waals surface area contributed by atoms with E-state index in [-0.39, 0.29) is 5.82 Å². The first kappa shape index (κ1) is 14.8. The second-order valence-corrected chi connectivity index (χ2v) is 6.68. The fraction of sp³-hybridized carbons (Fsp3) is 0.389. The number of hydrogen-bond donors (Lipinski definition) is 0. The lowest BCUT2D eigenvalue weighted by Gasteiger charge is -2.24. The van der Waals surface area contributed by atoms with Gasteiger partial charge in [0.2, 0.25) is 11.8 Å². The van der Waals surface area contributed by atoms with Crippen LogP contribution in [0.2, 0.25) is 0 Å². The minimum atomic E-state index is -0.290. The van der Waals surface area contributed by atoms with Crippen molar-refractivity contribution in [3.05, 3.63) is 53.2 Å². The largest absolute Gasteiger partial charge is 0.424 e. The molecule has 2 aromatic heterocycles. The van der Waals surface area contributed by atoms with E-state index in [4.69, 9.17) is 8.94 Å². The Kier molecular flexibility index (Phi) is 3.41. The van der Waals surface area contributed by atoms with Gasteiger partial charge in [0.25, 0.3) is 0 Å². The van der Waals surface area contributed by atoms with Crippen LogP contribution in [0.4, 0.5) is 4.39 Å². The molecule has 7 heteroatoms. The summed E-state index contributed by atoms with van der Waals surface area (Å²) in [5.74, 6) is 2.39. The van der Waals surface area contributed by atoms with E-state index < -0.39 is 0 Å². The Morgan fingerprint density at radius 2 is 2.08 bits per heavy atom. The van der Waals surface area contributed by atoms with Gasteiger partial charge in [-0.2, -0.15) is 0 Å². The lowest BCUT2D eigenvalue weighted by molar-refractivity contribution is 0.207. The summed E-state index contributed by atoms with van der Waals surface area (Å²) in [5, 5.41) is 12.4. The summed E-state index contributed by atoms with van der Waals surface area (Å²) in [4.78, 5) is 2.20. The standard InChI is InChI=1S/C18H17FN4O2/c19-14-4-2-1-3-12(14)17-13-9-23(8-7-15(13)25-22-17)10-16-20-21-18(24-16)11-5-6-11/h1-4,11H,5-10H2. The maximum Gasteiger partial charge on any atom is 0.230 e. The molecular formula is C18H17FN4O2. The van der Waals surface area contributed by atoms with Crippen LogP contribution in [0.3, 0.4) is 0 Å². The van der Waals surface area contributed by atoms with Gasteiger partial charge in [0.1, 0.15) is 17.3 Å². The quantitative estimate of drug-likeness (QED) is 0.726. The zero-order valence-electron chi connectivity index (χ0n) is 13.6. The lowest BCUT2D eigenvalue weighted by atomic mass is 10.0. The van der Waals surface area contributed by atoms with Crippen molar-refractivity contribution in [1.29, 1.82) is 0 Å². The normalized spacial score (nSPS) is 17.6. The Morgan fingerprint density at radius 3 is 2.92 bits per heavy atom. The molecular weight excluding hydrogens is 323 g/mol. The molecule has 1 aliphatic heterocycles. The number of nitrogens with zero attached hydrogens (tertiary/aromatic N) is 4. The summed E-state index contributed by atoms with van der Waals surface area (Å²) in [6.07, 6.45) is 3.02. The van der Waals surface area contributed by atoms with E-state index in [9.17, 15) is 4.39 Å². The van der Waals surface area contributed by atoms with Crippen molar-refractivity contribution in [2.24, 2.45) is 0 Å². The van der Waals surface area contributed by atoms with Gasteiger partial charge in [0.15, 0.2) is 0 Å². The fourth-order valence-electron chi connectivity index (χ4n) is 3.28. The summed E-state index contributed by atoms with van der Waals surface area (Å²) in [6.45, 7) is 2.03. The Morgan fingerprint density at radius 1 is 1.20 bits per heavy atom. The molecule has 2 aliphatic rings. The Labute approximate surface area is 143 Å². The Bertz CT molecular complexity index is 915. The number of benzene rings is 1. The predicted octanol–water partition coefficient (Wildman–Crippen LogP) is 3.30. The van der Waals surface area contributed by atoms with E-state index in [0.29, 0.717) is 36.2 Å². The first-order valence-corrected chi connectivity index (χ1v) is 8.55. The van der Waals surface area contributed by atoms with E-state index in [1.807, 2.05) is 0 Å². The molecule has 1 aromatic carbocycles. The van der Waals surface area contributed by atoms with E-state index in [0.717, 1.165) is 43.0 Å². The second-order valence-electron chi connectivity index (χ2n) is 6.68. The number of halogens is 1. The van der Waals surface area contributed by atoms with Gasteiger partial charge in [-0.05, 0) is 25.0 Å². The second kappa shape index (κ2) is 5.77. The highest BCUT2D eigenvalue weighted by Crippen LogP contribution is 2.39. The molecule has 25 heavy (non-hydrogen) atoms. The smallest absolute Gasteiger partial charge is 0.230 e. The van der Waals surface area contributed by atoms with Crippen LogP contribution in [0.25, 0.3) is 11.3 Å². The van der Waals surface area contributed by atoms with Crippen molar-refractivity contribution in [2.45, 2.75) is 38.3 Å². The molecule has 0 saturated heterocycles. The molecule has 5 rings (SSSR count). The van der Waals surface area contributed by atoms with Crippen LogP contribution in [0, 0.1) is 5.82 Å². The van der Waals surface area contributed by atoms with Gasteiger partial charge in [-0.15, -0.1) is 10.2 Å². The zero-order chi connectivity index (χ0) is 16.8. The third-order valence-corrected chi connectivity index (χ3v) is 4.80. The van der Waals surface area contributed by atoms with Gasteiger partial charge >= 0.3 is 0 Å². The summed E-state index contributed by atoms with van der Waals surface area (Å²) in [5.41, 5.74) is 2.00. The van der Waals surface area contributed by atoms with Crippen LogP contribution in [0.5, 0.6) is 0 Å². The van der Waals surface area contributed by atoms with Crippen LogP contribution < -0.4 is 0 Å². The zero-order valence-corrected chi connectivity index (χ0v) is 13.6. The van der Waals surface area contributed by atoms with Crippen molar-refractivity contribution < 1.29 is 13.3 Å². The predicted molar refractivity (Wildman–Crippen MR) is 86.0 cm³/mol. The highest BCUT2D eigenvalue weighted by atomic mass is 19.1. The molecule has 0 N–H and O–H groups in total. The van der Waals surface area contributed by atoms with Gasteiger partial charge in [-0.1, -0.05) is 17.3 Å². The average Bonchev–Trinajstić information content (AvgIpc) is 3.23. The fourth-order valence-corrected chi connectivity index (χ4v) is 3.28. The van der Waals surface area contributed by atoms with Gasteiger partial charge < -0.3 is 8.94 Å². The maximum atomic E-state index is 14.1. The first-order valence-electron chi connectivity index (χ1n) is 8.55. The van der Waals surface area contributed by atoms with Crippen LogP contribution >= 0.6 is 0 Å². The van der Waals surface area contributed by atoms with Crippen molar-refractivity contribution in [3.63, 3.8) is 0 Å². The summed E-state index contributed by atoms with van der Waals surface area (Å²) in [6, 6.07) is 6.64. The molecule has 0 amide bonds. The highest BCUT2D eigenvalue weighted by Gasteiger charge is 2.30. The van der Waals surface area contributed by atoms with Gasteiger partial charge in [0.05, 0.1) is 6.54 Å². The van der Waals surface area contributed by atoms with Gasteiger partial charge in [0, 0.05) is 36.6 Å². The molecule has 3 aromatic rings. The van der Waals surface area contributed by atoms with E-state index >= 15 is 0 Å². The van der Waals surface area contributed by atoms with Crippen LogP contribution in [-0.4, -0.2) is 26.8 Å². The average molecular weight is 340 g/mol. The van der Waals surface area contributed by atoms with Crippen molar-refractivity contribution in [2.75, 3.05) is 6.54 Å². The number of aromatic nitrogens is 3. The van der Waals surface area contributed by atoms with Crippen LogP contribution in [0.15, 0.2) is 33.2 Å². The van der Waals surface area contributed by atoms with Gasteiger partial charge in [-0.25, -0.2) is 4.39 Å². The Balaban J connectivity index is 1.38. The molecule has 6 nitrogen and oxygen atoms in total. The van der Waals surface area contributed by atoms with Crippen molar-refractivity contribution >= 4 is 0 Å². The highest BCUT2D eigenvalue weighted by molar-refractivity contribution is 5.64. The molecule has 0 unspecified atom stereocenters. The van der Waals surface area contributed by atoms with Crippen molar-refractivity contribution in [1.82, 2.24) is 20.3 Å². The molecule has 128 valence electrons. The molecule has 1 saturated carbocycles. The molecule has 0 spiro atoms. The SMILES string of the molecule is Fc1ccccc1-c1noc2c1CN(Cc1nnc(C3CC3)o1)CC2. The minimum absolute atomic E-state index is 0.290. The molecule has 3 heterocycles. The number of rotatable bonds is 4. The molecule has 1 fully saturated rings. The monoisotopic (exact) mass is 340 g/mol. The lowest BCUT2D eigenvalue weighted by Crippen LogP contribution is -2.29. The minimum Gasteiger partial charge on any atom is -0.424 e. The van der Waals surface area contributed by atoms with Crippen LogP contribution in [-0.2, 0) is 19.5 Å². The summed E-state index contributed by atoms with van der Waals surface area (Å²) >= 11 is 0. The van der Waals surface area contributed by atoms with E-state index in [1.165, 1.54) is 6.07 Å². The molecule has 1 aliphatic carbocycles. The van der Waals surface area contributed by atoms with E-state index in [2.05, 4.69) is 20.3 Å². The van der Waals surface area contributed by atoms with Crippen molar-refractivity contribution in [3.8, 4) is 11.3 Å².